The van der Waals surface area contributed by atoms with E-state index in [-0.39, 0.29) is 0 Å². The third-order valence-electron chi connectivity index (χ3n) is 6.06. The Kier molecular flexibility index (Phi) is 6.17. The average molecular weight is 365 g/mol. The molecular weight excluding hydrogens is 332 g/mol. The quantitative estimate of drug-likeness (QED) is 0.813. The molecule has 0 atom stereocenters. The number of benzene rings is 1. The Morgan fingerprint density at radius 1 is 0.778 bits per heavy atom. The number of piperidine rings is 1. The van der Waals surface area contributed by atoms with Crippen molar-refractivity contribution in [2.45, 2.75) is 38.9 Å². The number of nitrogens with zero attached hydrogens (tertiary/aromatic N) is 4. The highest BCUT2D eigenvalue weighted by atomic mass is 15.3. The Balaban J connectivity index is 1.20. The number of piperazine rings is 1. The summed E-state index contributed by atoms with van der Waals surface area (Å²) in [7, 11) is 0. The van der Waals surface area contributed by atoms with Crippen LogP contribution in [-0.2, 0) is 13.1 Å². The second kappa shape index (κ2) is 8.96. The maximum Gasteiger partial charge on any atom is 0.0547 e. The number of pyridine rings is 1. The van der Waals surface area contributed by atoms with E-state index in [1.165, 1.54) is 63.4 Å². The molecule has 0 spiro atoms. The lowest BCUT2D eigenvalue weighted by Gasteiger charge is -2.42. The molecule has 0 N–H and O–H groups in total. The summed E-state index contributed by atoms with van der Waals surface area (Å²) in [6.45, 7) is 11.4. The minimum Gasteiger partial charge on any atom is -0.298 e. The van der Waals surface area contributed by atoms with Gasteiger partial charge in [0.05, 0.1) is 5.69 Å². The standard InChI is InChI=1S/C23H32N4/c1-20-6-5-9-22(24-20)19-25-12-10-23(11-13-25)27-16-14-26(15-17-27)18-21-7-3-2-4-8-21/h2-9,23H,10-19H2,1H3. The zero-order chi connectivity index (χ0) is 18.5. The van der Waals surface area contributed by atoms with Crippen LogP contribution in [0.3, 0.4) is 0 Å². The van der Waals surface area contributed by atoms with Crippen LogP contribution >= 0.6 is 0 Å². The molecule has 3 heterocycles. The van der Waals surface area contributed by atoms with Gasteiger partial charge >= 0.3 is 0 Å². The van der Waals surface area contributed by atoms with Gasteiger partial charge in [-0.2, -0.15) is 0 Å². The number of aromatic nitrogens is 1. The van der Waals surface area contributed by atoms with E-state index in [2.05, 4.69) is 75.1 Å². The van der Waals surface area contributed by atoms with Crippen molar-refractivity contribution in [1.29, 1.82) is 0 Å². The Labute approximate surface area is 163 Å². The molecule has 4 rings (SSSR count). The topological polar surface area (TPSA) is 22.6 Å². The molecule has 2 fully saturated rings. The molecule has 2 saturated heterocycles. The Morgan fingerprint density at radius 2 is 1.48 bits per heavy atom. The van der Waals surface area contributed by atoms with Gasteiger partial charge in [0, 0.05) is 64.1 Å². The molecule has 4 heteroatoms. The lowest BCUT2D eigenvalue weighted by molar-refractivity contribution is 0.0547. The second-order valence-corrected chi connectivity index (χ2v) is 8.08. The van der Waals surface area contributed by atoms with Crippen molar-refractivity contribution in [2.24, 2.45) is 0 Å². The van der Waals surface area contributed by atoms with Crippen LogP contribution in [0.4, 0.5) is 0 Å². The van der Waals surface area contributed by atoms with Crippen LogP contribution in [0, 0.1) is 6.92 Å². The molecule has 0 aliphatic carbocycles. The molecule has 0 radical (unpaired) electrons. The van der Waals surface area contributed by atoms with Gasteiger partial charge in [-0.15, -0.1) is 0 Å². The number of aryl methyl sites for hydroxylation is 1. The summed E-state index contributed by atoms with van der Waals surface area (Å²) in [5, 5.41) is 0. The molecule has 0 amide bonds. The second-order valence-electron chi connectivity index (χ2n) is 8.08. The molecule has 0 bridgehead atoms. The third kappa shape index (κ3) is 5.16. The van der Waals surface area contributed by atoms with Crippen molar-refractivity contribution < 1.29 is 0 Å². The van der Waals surface area contributed by atoms with Crippen molar-refractivity contribution in [2.75, 3.05) is 39.3 Å². The van der Waals surface area contributed by atoms with E-state index in [1.54, 1.807) is 0 Å². The predicted molar refractivity (Wildman–Crippen MR) is 111 cm³/mol. The van der Waals surface area contributed by atoms with E-state index in [0.717, 1.165) is 24.8 Å². The molecule has 27 heavy (non-hydrogen) atoms. The zero-order valence-corrected chi connectivity index (χ0v) is 16.6. The summed E-state index contributed by atoms with van der Waals surface area (Å²) in [5.41, 5.74) is 3.77. The highest BCUT2D eigenvalue weighted by molar-refractivity contribution is 5.14. The minimum absolute atomic E-state index is 0.769. The fourth-order valence-corrected chi connectivity index (χ4v) is 4.49. The molecule has 1 aromatic carbocycles. The zero-order valence-electron chi connectivity index (χ0n) is 16.6. The van der Waals surface area contributed by atoms with E-state index in [4.69, 9.17) is 0 Å². The van der Waals surface area contributed by atoms with Gasteiger partial charge in [0.2, 0.25) is 0 Å². The van der Waals surface area contributed by atoms with Crippen LogP contribution in [0.1, 0.15) is 29.8 Å². The van der Waals surface area contributed by atoms with Gasteiger partial charge in [-0.1, -0.05) is 36.4 Å². The maximum absolute atomic E-state index is 4.66. The summed E-state index contributed by atoms with van der Waals surface area (Å²) in [6, 6.07) is 18.0. The van der Waals surface area contributed by atoms with Gasteiger partial charge < -0.3 is 0 Å². The first-order valence-corrected chi connectivity index (χ1v) is 10.4. The summed E-state index contributed by atoms with van der Waals surface area (Å²) >= 11 is 0. The van der Waals surface area contributed by atoms with Crippen LogP contribution in [0.5, 0.6) is 0 Å². The summed E-state index contributed by atoms with van der Waals surface area (Å²) in [4.78, 5) is 12.6. The highest BCUT2D eigenvalue weighted by Crippen LogP contribution is 2.20. The van der Waals surface area contributed by atoms with Gasteiger partial charge in [-0.05, 0) is 37.5 Å². The summed E-state index contributed by atoms with van der Waals surface area (Å²) in [5.74, 6) is 0. The molecule has 1 aromatic heterocycles. The largest absolute Gasteiger partial charge is 0.298 e. The summed E-state index contributed by atoms with van der Waals surface area (Å²) < 4.78 is 0. The predicted octanol–water partition coefficient (Wildman–Crippen LogP) is 3.17. The lowest BCUT2D eigenvalue weighted by atomic mass is 10.0. The Morgan fingerprint density at radius 3 is 2.19 bits per heavy atom. The Bertz CT molecular complexity index is 701. The van der Waals surface area contributed by atoms with Gasteiger partial charge in [-0.3, -0.25) is 19.7 Å². The number of hydrogen-bond acceptors (Lipinski definition) is 4. The first-order valence-electron chi connectivity index (χ1n) is 10.4. The number of likely N-dealkylation sites (tertiary alicyclic amines) is 1. The van der Waals surface area contributed by atoms with Crippen LogP contribution in [0.2, 0.25) is 0 Å². The monoisotopic (exact) mass is 364 g/mol. The molecule has 2 aliphatic heterocycles. The molecule has 0 saturated carbocycles. The van der Waals surface area contributed by atoms with E-state index < -0.39 is 0 Å². The van der Waals surface area contributed by atoms with E-state index >= 15 is 0 Å². The van der Waals surface area contributed by atoms with Crippen LogP contribution in [-0.4, -0.2) is 65.0 Å². The number of hydrogen-bond donors (Lipinski definition) is 0. The van der Waals surface area contributed by atoms with Gasteiger partial charge in [0.15, 0.2) is 0 Å². The van der Waals surface area contributed by atoms with Crippen molar-refractivity contribution in [3.05, 3.63) is 65.5 Å². The van der Waals surface area contributed by atoms with Gasteiger partial charge in [-0.25, -0.2) is 0 Å². The molecule has 2 aliphatic rings. The van der Waals surface area contributed by atoms with Crippen LogP contribution < -0.4 is 0 Å². The fraction of sp³-hybridized carbons (Fsp3) is 0.522. The third-order valence-corrected chi connectivity index (χ3v) is 6.06. The van der Waals surface area contributed by atoms with Crippen LogP contribution in [0.15, 0.2) is 48.5 Å². The molecule has 0 unspecified atom stereocenters. The van der Waals surface area contributed by atoms with E-state index in [9.17, 15) is 0 Å². The van der Waals surface area contributed by atoms with Crippen molar-refractivity contribution >= 4 is 0 Å². The molecule has 144 valence electrons. The molecule has 4 nitrogen and oxygen atoms in total. The van der Waals surface area contributed by atoms with E-state index in [1.807, 2.05) is 0 Å². The van der Waals surface area contributed by atoms with Crippen molar-refractivity contribution in [1.82, 2.24) is 19.7 Å². The van der Waals surface area contributed by atoms with Gasteiger partial charge in [0.25, 0.3) is 0 Å². The van der Waals surface area contributed by atoms with Crippen LogP contribution in [0.25, 0.3) is 0 Å². The normalized spacial score (nSPS) is 20.8. The molecular formula is C23H32N4. The first kappa shape index (κ1) is 18.6. The summed E-state index contributed by atoms with van der Waals surface area (Å²) in [6.07, 6.45) is 2.59. The van der Waals surface area contributed by atoms with Crippen molar-refractivity contribution in [3.63, 3.8) is 0 Å². The minimum atomic E-state index is 0.769. The lowest BCUT2D eigenvalue weighted by Crippen LogP contribution is -2.52. The van der Waals surface area contributed by atoms with E-state index in [0.29, 0.717) is 0 Å². The smallest absolute Gasteiger partial charge is 0.0547 e. The highest BCUT2D eigenvalue weighted by Gasteiger charge is 2.27. The Hall–Kier alpha value is -1.75. The van der Waals surface area contributed by atoms with Crippen molar-refractivity contribution in [3.8, 4) is 0 Å². The molecule has 2 aromatic rings. The van der Waals surface area contributed by atoms with Gasteiger partial charge in [0.1, 0.15) is 0 Å². The average Bonchev–Trinajstić information content (AvgIpc) is 2.70. The first-order chi connectivity index (χ1) is 13.3. The fourth-order valence-electron chi connectivity index (χ4n) is 4.49. The maximum atomic E-state index is 4.66. The SMILES string of the molecule is Cc1cccc(CN2CCC(N3CCN(Cc4ccccc4)CC3)CC2)n1. The number of rotatable bonds is 5.